The van der Waals surface area contributed by atoms with Gasteiger partial charge in [0.05, 0.1) is 6.20 Å². The Bertz CT molecular complexity index is 500. The average molecular weight is 295 g/mol. The topological polar surface area (TPSA) is 50.3 Å². The molecule has 7 heteroatoms. The third kappa shape index (κ3) is 2.50. The van der Waals surface area contributed by atoms with Gasteiger partial charge in [0.25, 0.3) is 10.0 Å². The largest absolute Gasteiger partial charge is 0.254 e. The van der Waals surface area contributed by atoms with Crippen LogP contribution in [0.4, 0.5) is 0 Å². The first-order valence-corrected chi connectivity index (χ1v) is 8.19. The van der Waals surface area contributed by atoms with Crippen molar-refractivity contribution in [1.82, 2.24) is 9.29 Å². The van der Waals surface area contributed by atoms with Gasteiger partial charge < -0.3 is 0 Å². The molecule has 0 spiro atoms. The lowest BCUT2D eigenvalue weighted by Gasteiger charge is -2.36. The first-order chi connectivity index (χ1) is 7.93. The van der Waals surface area contributed by atoms with Gasteiger partial charge >= 0.3 is 0 Å². The Kier molecular flexibility index (Phi) is 3.77. The molecule has 1 aliphatic heterocycles. The molecule has 0 N–H and O–H groups in total. The Balaban J connectivity index is 2.32. The second-order valence-corrected chi connectivity index (χ2v) is 8.14. The van der Waals surface area contributed by atoms with E-state index in [-0.39, 0.29) is 14.7 Å². The van der Waals surface area contributed by atoms with Crippen LogP contribution >= 0.6 is 22.9 Å². The smallest absolute Gasteiger partial charge is 0.232 e. The number of sulfonamides is 1. The fraction of sp³-hybridized carbons (Fsp3) is 0.700. The predicted molar refractivity (Wildman–Crippen MR) is 68.9 cm³/mol. The molecule has 2 atom stereocenters. The Morgan fingerprint density at radius 2 is 2.24 bits per heavy atom. The quantitative estimate of drug-likeness (QED) is 0.842. The van der Waals surface area contributed by atoms with Crippen molar-refractivity contribution in [3.8, 4) is 0 Å². The Labute approximate surface area is 111 Å². The van der Waals surface area contributed by atoms with Crippen LogP contribution in [0.25, 0.3) is 0 Å². The highest BCUT2D eigenvalue weighted by Gasteiger charge is 2.35. The number of aromatic nitrogens is 1. The van der Waals surface area contributed by atoms with Gasteiger partial charge in [0.2, 0.25) is 0 Å². The molecular formula is C10H15ClN2O2S2. The van der Waals surface area contributed by atoms with Gasteiger partial charge in [0.15, 0.2) is 8.68 Å². The molecule has 2 heterocycles. The van der Waals surface area contributed by atoms with Crippen LogP contribution in [0.2, 0.25) is 4.47 Å². The second kappa shape index (κ2) is 4.84. The van der Waals surface area contributed by atoms with Crippen LogP contribution in [0.1, 0.15) is 26.7 Å². The van der Waals surface area contributed by atoms with E-state index in [9.17, 15) is 8.42 Å². The summed E-state index contributed by atoms with van der Waals surface area (Å²) in [5.41, 5.74) is 0. The van der Waals surface area contributed by atoms with Crippen LogP contribution in [0, 0.1) is 5.92 Å². The molecule has 2 unspecified atom stereocenters. The standard InChI is InChI=1S/C10H15ClN2O2S2/c1-7-4-3-5-13(8(7)2)17(14,15)9-6-12-10(11)16-9/h6-8H,3-5H2,1-2H3. The van der Waals surface area contributed by atoms with E-state index >= 15 is 0 Å². The van der Waals surface area contributed by atoms with E-state index in [1.165, 1.54) is 6.20 Å². The lowest BCUT2D eigenvalue weighted by Crippen LogP contribution is -2.45. The molecule has 0 aliphatic carbocycles. The van der Waals surface area contributed by atoms with E-state index < -0.39 is 10.0 Å². The van der Waals surface area contributed by atoms with E-state index in [0.717, 1.165) is 24.2 Å². The molecule has 1 saturated heterocycles. The zero-order chi connectivity index (χ0) is 12.6. The highest BCUT2D eigenvalue weighted by molar-refractivity contribution is 7.91. The lowest BCUT2D eigenvalue weighted by molar-refractivity contribution is 0.202. The maximum absolute atomic E-state index is 12.4. The summed E-state index contributed by atoms with van der Waals surface area (Å²) >= 11 is 6.71. The van der Waals surface area contributed by atoms with E-state index in [1.807, 2.05) is 6.92 Å². The first-order valence-electron chi connectivity index (χ1n) is 5.56. The third-order valence-electron chi connectivity index (χ3n) is 3.33. The van der Waals surface area contributed by atoms with Gasteiger partial charge in [-0.25, -0.2) is 13.4 Å². The fourth-order valence-electron chi connectivity index (χ4n) is 2.11. The summed E-state index contributed by atoms with van der Waals surface area (Å²) in [5.74, 6) is 0.391. The zero-order valence-corrected chi connectivity index (χ0v) is 12.1. The van der Waals surface area contributed by atoms with E-state index in [2.05, 4.69) is 11.9 Å². The number of piperidine rings is 1. The summed E-state index contributed by atoms with van der Waals surface area (Å²) in [6, 6.07) is 0.0367. The van der Waals surface area contributed by atoms with Gasteiger partial charge in [-0.3, -0.25) is 0 Å². The van der Waals surface area contributed by atoms with Gasteiger partial charge in [-0.15, -0.1) is 0 Å². The fourth-order valence-corrected chi connectivity index (χ4v) is 5.30. The van der Waals surface area contributed by atoms with E-state index in [1.54, 1.807) is 4.31 Å². The molecule has 0 aromatic carbocycles. The minimum Gasteiger partial charge on any atom is -0.232 e. The van der Waals surface area contributed by atoms with Crippen LogP contribution in [-0.4, -0.2) is 30.3 Å². The molecule has 1 aromatic heterocycles. The maximum Gasteiger partial charge on any atom is 0.254 e. The summed E-state index contributed by atoms with van der Waals surface area (Å²) in [5, 5.41) is 0. The normalized spacial score (nSPS) is 27.2. The van der Waals surface area contributed by atoms with Gasteiger partial charge in [0.1, 0.15) is 0 Å². The van der Waals surface area contributed by atoms with Crippen molar-refractivity contribution in [3.63, 3.8) is 0 Å². The van der Waals surface area contributed by atoms with E-state index in [0.29, 0.717) is 12.5 Å². The highest BCUT2D eigenvalue weighted by atomic mass is 35.5. The number of nitrogens with zero attached hydrogens (tertiary/aromatic N) is 2. The molecule has 0 bridgehead atoms. The second-order valence-electron chi connectivity index (χ2n) is 4.41. The van der Waals surface area contributed by atoms with Crippen molar-refractivity contribution in [1.29, 1.82) is 0 Å². The molecule has 0 amide bonds. The molecule has 1 aromatic rings. The molecular weight excluding hydrogens is 280 g/mol. The van der Waals surface area contributed by atoms with Crippen molar-refractivity contribution < 1.29 is 8.42 Å². The molecule has 96 valence electrons. The van der Waals surface area contributed by atoms with Crippen molar-refractivity contribution in [2.24, 2.45) is 5.92 Å². The lowest BCUT2D eigenvalue weighted by atomic mass is 9.94. The van der Waals surface area contributed by atoms with Crippen LogP contribution < -0.4 is 0 Å². The number of hydrogen-bond donors (Lipinski definition) is 0. The molecule has 2 rings (SSSR count). The summed E-state index contributed by atoms with van der Waals surface area (Å²) in [6.07, 6.45) is 3.34. The number of thiazole rings is 1. The van der Waals surface area contributed by atoms with Crippen molar-refractivity contribution in [2.75, 3.05) is 6.54 Å². The van der Waals surface area contributed by atoms with Crippen LogP contribution in [0.15, 0.2) is 10.4 Å². The van der Waals surface area contributed by atoms with Crippen LogP contribution in [0.3, 0.4) is 0 Å². The first kappa shape index (κ1) is 13.3. The SMILES string of the molecule is CC1CCCN(S(=O)(=O)c2cnc(Cl)s2)C1C. The van der Waals surface area contributed by atoms with Gasteiger partial charge in [-0.05, 0) is 25.7 Å². The molecule has 4 nitrogen and oxygen atoms in total. The summed E-state index contributed by atoms with van der Waals surface area (Å²) < 4.78 is 26.9. The minimum absolute atomic E-state index is 0.0367. The zero-order valence-electron chi connectivity index (χ0n) is 9.76. The molecule has 0 radical (unpaired) electrons. The van der Waals surface area contributed by atoms with Crippen molar-refractivity contribution in [2.45, 2.75) is 36.9 Å². The van der Waals surface area contributed by atoms with Crippen LogP contribution in [0.5, 0.6) is 0 Å². The third-order valence-corrected chi connectivity index (χ3v) is 6.87. The Morgan fingerprint density at radius 3 is 2.82 bits per heavy atom. The summed E-state index contributed by atoms with van der Waals surface area (Å²) in [7, 11) is -3.42. The van der Waals surface area contributed by atoms with Crippen LogP contribution in [-0.2, 0) is 10.0 Å². The predicted octanol–water partition coefficient (Wildman–Crippen LogP) is 2.61. The van der Waals surface area contributed by atoms with Gasteiger partial charge in [0, 0.05) is 12.6 Å². The number of rotatable bonds is 2. The molecule has 1 aliphatic rings. The van der Waals surface area contributed by atoms with Crippen molar-refractivity contribution >= 4 is 33.0 Å². The Morgan fingerprint density at radius 1 is 1.53 bits per heavy atom. The minimum atomic E-state index is -3.42. The van der Waals surface area contributed by atoms with Gasteiger partial charge in [-0.2, -0.15) is 4.31 Å². The molecule has 17 heavy (non-hydrogen) atoms. The highest BCUT2D eigenvalue weighted by Crippen LogP contribution is 2.31. The van der Waals surface area contributed by atoms with Gasteiger partial charge in [-0.1, -0.05) is 29.9 Å². The monoisotopic (exact) mass is 294 g/mol. The molecule has 1 fully saturated rings. The van der Waals surface area contributed by atoms with E-state index in [4.69, 9.17) is 11.6 Å². The maximum atomic E-state index is 12.4. The Hall–Kier alpha value is -0.170. The number of halogens is 1. The van der Waals surface area contributed by atoms with Crippen molar-refractivity contribution in [3.05, 3.63) is 10.7 Å². The molecule has 0 saturated carbocycles. The number of hydrogen-bond acceptors (Lipinski definition) is 4. The summed E-state index contributed by atoms with van der Waals surface area (Å²) in [6.45, 7) is 4.64. The summed E-state index contributed by atoms with van der Waals surface area (Å²) in [4.78, 5) is 3.80. The average Bonchev–Trinajstić information content (AvgIpc) is 2.69.